The van der Waals surface area contributed by atoms with Crippen molar-refractivity contribution in [1.29, 1.82) is 0 Å². The van der Waals surface area contributed by atoms with Gasteiger partial charge in [-0.3, -0.25) is 9.10 Å². The number of carbonyl (C=O) groups excluding carboxylic acids is 1. The predicted octanol–water partition coefficient (Wildman–Crippen LogP) is 3.73. The maximum atomic E-state index is 14.2. The van der Waals surface area contributed by atoms with E-state index in [0.29, 0.717) is 12.3 Å². The summed E-state index contributed by atoms with van der Waals surface area (Å²) in [5.41, 5.74) is 2.35. The molecule has 5 nitrogen and oxygen atoms in total. The topological polar surface area (TPSA) is 66.5 Å². The minimum Gasteiger partial charge on any atom is -0.353 e. The van der Waals surface area contributed by atoms with Crippen LogP contribution in [0.4, 0.5) is 10.1 Å². The highest BCUT2D eigenvalue weighted by Gasteiger charge is 2.32. The molecular weight excluding hydrogens is 411 g/mol. The van der Waals surface area contributed by atoms with E-state index >= 15 is 0 Å². The Morgan fingerprint density at radius 2 is 1.83 bits per heavy atom. The van der Waals surface area contributed by atoms with E-state index in [1.165, 1.54) is 29.3 Å². The van der Waals surface area contributed by atoms with Gasteiger partial charge in [0.25, 0.3) is 0 Å². The molecule has 0 aromatic heterocycles. The molecule has 1 N–H and O–H groups in total. The van der Waals surface area contributed by atoms with Crippen LogP contribution in [0.25, 0.3) is 0 Å². The molecule has 0 aliphatic rings. The van der Waals surface area contributed by atoms with Gasteiger partial charge in [-0.1, -0.05) is 43.3 Å². The van der Waals surface area contributed by atoms with Gasteiger partial charge in [-0.15, -0.1) is 0 Å². The van der Waals surface area contributed by atoms with E-state index in [4.69, 9.17) is 0 Å². The monoisotopic (exact) mass is 438 g/mol. The number of aryl methyl sites for hydroxylation is 1. The summed E-state index contributed by atoms with van der Waals surface area (Å²) in [7, 11) is -3.85. The summed E-state index contributed by atoms with van der Waals surface area (Å²) in [6.07, 6.45) is 1.21. The molecule has 0 saturated heterocycles. The molecule has 1 amide bonds. The molecule has 8 heteroatoms. The van der Waals surface area contributed by atoms with Crippen molar-refractivity contribution in [1.82, 2.24) is 5.32 Å². The van der Waals surface area contributed by atoms with Crippen molar-refractivity contribution in [3.8, 4) is 0 Å². The van der Waals surface area contributed by atoms with E-state index in [0.717, 1.165) is 16.3 Å². The van der Waals surface area contributed by atoms with Crippen molar-refractivity contribution in [3.63, 3.8) is 0 Å². The lowest BCUT2D eigenvalue weighted by Gasteiger charge is -2.30. The Morgan fingerprint density at radius 3 is 2.45 bits per heavy atom. The fourth-order valence-corrected chi connectivity index (χ4v) is 5.13. The lowest BCUT2D eigenvalue weighted by atomic mass is 10.1. The molecule has 158 valence electrons. The lowest BCUT2D eigenvalue weighted by Crippen LogP contribution is -2.50. The molecular formula is C21H27FN2O3S2. The van der Waals surface area contributed by atoms with Crippen molar-refractivity contribution < 1.29 is 17.6 Å². The van der Waals surface area contributed by atoms with Crippen molar-refractivity contribution in [2.45, 2.75) is 32.1 Å². The molecule has 0 aliphatic heterocycles. The number of nitrogens with one attached hydrogen (secondary N) is 1. The first-order chi connectivity index (χ1) is 13.8. The van der Waals surface area contributed by atoms with Gasteiger partial charge in [-0.05, 0) is 36.6 Å². The SMILES string of the molecule is CC[C@H](C(=O)NCCSCc1ccccc1C)N(c1ccccc1F)S(C)(=O)=O. The Kier molecular flexibility index (Phi) is 8.52. The third-order valence-electron chi connectivity index (χ3n) is 4.48. The Bertz CT molecular complexity index is 935. The Balaban J connectivity index is 1.99. The van der Waals surface area contributed by atoms with Crippen LogP contribution in [0.3, 0.4) is 0 Å². The zero-order chi connectivity index (χ0) is 21.4. The van der Waals surface area contributed by atoms with E-state index in [-0.39, 0.29) is 12.1 Å². The number of sulfonamides is 1. The fraction of sp³-hybridized carbons (Fsp3) is 0.381. The predicted molar refractivity (Wildman–Crippen MR) is 118 cm³/mol. The molecule has 0 unspecified atom stereocenters. The van der Waals surface area contributed by atoms with E-state index in [1.807, 2.05) is 12.1 Å². The number of thioether (sulfide) groups is 1. The number of para-hydroxylation sites is 1. The summed E-state index contributed by atoms with van der Waals surface area (Å²) < 4.78 is 39.8. The summed E-state index contributed by atoms with van der Waals surface area (Å²) in [4.78, 5) is 12.7. The van der Waals surface area contributed by atoms with Crippen LogP contribution in [0.5, 0.6) is 0 Å². The zero-order valence-electron chi connectivity index (χ0n) is 16.9. The van der Waals surface area contributed by atoms with Gasteiger partial charge in [0, 0.05) is 18.1 Å². The van der Waals surface area contributed by atoms with E-state index in [2.05, 4.69) is 24.4 Å². The first kappa shape index (κ1) is 23.2. The fourth-order valence-electron chi connectivity index (χ4n) is 2.98. The maximum absolute atomic E-state index is 14.2. The molecule has 0 spiro atoms. The van der Waals surface area contributed by atoms with Gasteiger partial charge in [0.05, 0.1) is 11.9 Å². The van der Waals surface area contributed by atoms with Gasteiger partial charge in [0.15, 0.2) is 0 Å². The molecule has 1 atom stereocenters. The summed E-state index contributed by atoms with van der Waals surface area (Å²) >= 11 is 1.69. The first-order valence-electron chi connectivity index (χ1n) is 9.39. The van der Waals surface area contributed by atoms with Crippen LogP contribution < -0.4 is 9.62 Å². The molecule has 29 heavy (non-hydrogen) atoms. The minimum atomic E-state index is -3.85. The standard InChI is InChI=1S/C21H27FN2O3S2/c1-4-19(24(29(3,26)27)20-12-8-7-11-18(20)22)21(25)23-13-14-28-15-17-10-6-5-9-16(17)2/h5-12,19H,4,13-15H2,1-3H3,(H,23,25)/t19-/m1/s1. The van der Waals surface area contributed by atoms with Gasteiger partial charge in [0.1, 0.15) is 11.9 Å². The number of hydrogen-bond acceptors (Lipinski definition) is 4. The molecule has 2 rings (SSSR count). The first-order valence-corrected chi connectivity index (χ1v) is 12.4. The molecule has 0 radical (unpaired) electrons. The average Bonchev–Trinajstić information content (AvgIpc) is 2.67. The second-order valence-electron chi connectivity index (χ2n) is 6.70. The molecule has 0 bridgehead atoms. The molecule has 0 aliphatic carbocycles. The summed E-state index contributed by atoms with van der Waals surface area (Å²) in [5, 5.41) is 2.79. The van der Waals surface area contributed by atoms with E-state index in [9.17, 15) is 17.6 Å². The quantitative estimate of drug-likeness (QED) is 0.574. The Hall–Kier alpha value is -2.06. The second-order valence-corrected chi connectivity index (χ2v) is 9.67. The zero-order valence-corrected chi connectivity index (χ0v) is 18.5. The number of halogens is 1. The summed E-state index contributed by atoms with van der Waals surface area (Å²) in [6.45, 7) is 4.17. The number of rotatable bonds is 10. The molecule has 2 aromatic carbocycles. The van der Waals surface area contributed by atoms with Crippen LogP contribution >= 0.6 is 11.8 Å². The van der Waals surface area contributed by atoms with Crippen molar-refractivity contribution in [3.05, 3.63) is 65.5 Å². The summed E-state index contributed by atoms with van der Waals surface area (Å²) in [5.74, 6) is 0.412. The number of anilines is 1. The molecule has 0 fully saturated rings. The number of nitrogens with zero attached hydrogens (tertiary/aromatic N) is 1. The number of carbonyl (C=O) groups is 1. The van der Waals surface area contributed by atoms with Gasteiger partial charge in [0.2, 0.25) is 15.9 Å². The number of benzene rings is 2. The highest BCUT2D eigenvalue weighted by atomic mass is 32.2. The smallest absolute Gasteiger partial charge is 0.243 e. The van der Waals surface area contributed by atoms with E-state index < -0.39 is 27.8 Å². The normalized spacial score (nSPS) is 12.4. The second kappa shape index (κ2) is 10.6. The minimum absolute atomic E-state index is 0.120. The molecule has 2 aromatic rings. The Labute approximate surface area is 176 Å². The van der Waals surface area contributed by atoms with Crippen molar-refractivity contribution >= 4 is 33.4 Å². The van der Waals surface area contributed by atoms with Gasteiger partial charge in [-0.25, -0.2) is 12.8 Å². The summed E-state index contributed by atoms with van der Waals surface area (Å²) in [6, 6.07) is 12.7. The highest BCUT2D eigenvalue weighted by molar-refractivity contribution is 7.98. The van der Waals surface area contributed by atoms with Gasteiger partial charge >= 0.3 is 0 Å². The maximum Gasteiger partial charge on any atom is 0.243 e. The Morgan fingerprint density at radius 1 is 1.17 bits per heavy atom. The van der Waals surface area contributed by atoms with Crippen LogP contribution in [-0.2, 0) is 20.6 Å². The van der Waals surface area contributed by atoms with Crippen LogP contribution in [-0.4, -0.2) is 38.9 Å². The van der Waals surface area contributed by atoms with Crippen molar-refractivity contribution in [2.24, 2.45) is 0 Å². The largest absolute Gasteiger partial charge is 0.353 e. The number of hydrogen-bond donors (Lipinski definition) is 1. The third kappa shape index (κ3) is 6.47. The average molecular weight is 439 g/mol. The lowest BCUT2D eigenvalue weighted by molar-refractivity contribution is -0.122. The van der Waals surface area contributed by atoms with Crippen LogP contribution in [0.1, 0.15) is 24.5 Å². The van der Waals surface area contributed by atoms with Crippen LogP contribution in [0.2, 0.25) is 0 Å². The highest BCUT2D eigenvalue weighted by Crippen LogP contribution is 2.25. The van der Waals surface area contributed by atoms with Crippen LogP contribution in [0, 0.1) is 12.7 Å². The number of amides is 1. The molecule has 0 heterocycles. The van der Waals surface area contributed by atoms with Gasteiger partial charge < -0.3 is 5.32 Å². The van der Waals surface area contributed by atoms with Gasteiger partial charge in [-0.2, -0.15) is 11.8 Å². The van der Waals surface area contributed by atoms with Crippen LogP contribution in [0.15, 0.2) is 48.5 Å². The molecule has 0 saturated carbocycles. The van der Waals surface area contributed by atoms with Crippen molar-refractivity contribution in [2.75, 3.05) is 22.9 Å². The third-order valence-corrected chi connectivity index (χ3v) is 6.66. The van der Waals surface area contributed by atoms with E-state index in [1.54, 1.807) is 24.8 Å².